The van der Waals surface area contributed by atoms with E-state index in [4.69, 9.17) is 0 Å². The Morgan fingerprint density at radius 1 is 1.33 bits per heavy atom. The van der Waals surface area contributed by atoms with Gasteiger partial charge in [-0.05, 0) is 24.3 Å². The molecule has 2 rings (SSSR count). The fourth-order valence-corrected chi connectivity index (χ4v) is 1.91. The van der Waals surface area contributed by atoms with Crippen molar-refractivity contribution in [3.8, 4) is 0 Å². The van der Waals surface area contributed by atoms with Crippen molar-refractivity contribution in [2.24, 2.45) is 7.05 Å². The van der Waals surface area contributed by atoms with E-state index in [1.165, 1.54) is 5.39 Å². The van der Waals surface area contributed by atoms with E-state index in [1.54, 1.807) is 12.0 Å². The molecule has 0 aliphatic heterocycles. The number of benzene rings is 1. The Morgan fingerprint density at radius 2 is 2.07 bits per heavy atom. The molecule has 0 atom stereocenters. The summed E-state index contributed by atoms with van der Waals surface area (Å²) < 4.78 is 2.05. The van der Waals surface area contributed by atoms with Gasteiger partial charge in [-0.2, -0.15) is 0 Å². The molecular formula is C13H11NO. The van der Waals surface area contributed by atoms with E-state index in [0.717, 1.165) is 16.8 Å². The lowest BCUT2D eigenvalue weighted by Crippen LogP contribution is -1.90. The van der Waals surface area contributed by atoms with E-state index >= 15 is 0 Å². The number of nitrogens with zero attached hydrogens (tertiary/aromatic N) is 1. The number of aryl methyl sites for hydroxylation is 2. The van der Waals surface area contributed by atoms with E-state index < -0.39 is 0 Å². The molecule has 1 aromatic heterocycles. The average molecular weight is 197 g/mol. The molecule has 0 radical (unpaired) electrons. The minimum atomic E-state index is 1.000. The predicted molar refractivity (Wildman–Crippen MR) is 61.3 cm³/mol. The smallest absolute Gasteiger partial charge is 0.177 e. The van der Waals surface area contributed by atoms with Gasteiger partial charge in [-0.25, -0.2) is 4.79 Å². The van der Waals surface area contributed by atoms with Gasteiger partial charge in [0.15, 0.2) is 5.94 Å². The largest absolute Gasteiger partial charge is 0.343 e. The van der Waals surface area contributed by atoms with Crippen LogP contribution in [0.2, 0.25) is 0 Å². The lowest BCUT2D eigenvalue weighted by molar-refractivity contribution is 0.569. The van der Waals surface area contributed by atoms with E-state index in [9.17, 15) is 4.79 Å². The minimum absolute atomic E-state index is 1.000. The number of fused-ring (bicyclic) bond motifs is 1. The quantitative estimate of drug-likeness (QED) is 0.508. The highest BCUT2D eigenvalue weighted by Crippen LogP contribution is 2.24. The van der Waals surface area contributed by atoms with Gasteiger partial charge in [0.25, 0.3) is 0 Å². The fraction of sp³-hybridized carbons (Fsp3) is 0.154. The highest BCUT2D eigenvalue weighted by Gasteiger charge is 2.07. The number of hydrogen-bond acceptors (Lipinski definition) is 1. The van der Waals surface area contributed by atoms with Crippen LogP contribution in [0.5, 0.6) is 0 Å². The van der Waals surface area contributed by atoms with Crippen LogP contribution in [-0.2, 0) is 11.8 Å². The molecule has 2 heteroatoms. The van der Waals surface area contributed by atoms with Crippen LogP contribution in [0.25, 0.3) is 17.0 Å². The first-order valence-electron chi connectivity index (χ1n) is 4.75. The maximum atomic E-state index is 10.1. The molecule has 2 aromatic rings. The summed E-state index contributed by atoms with van der Waals surface area (Å²) in [6.45, 7) is 2.04. The monoisotopic (exact) mass is 197 g/mol. The lowest BCUT2D eigenvalue weighted by atomic mass is 10.1. The third-order valence-electron chi connectivity index (χ3n) is 2.68. The van der Waals surface area contributed by atoms with E-state index in [0.29, 0.717) is 0 Å². The molecule has 1 aromatic carbocycles. The molecule has 0 spiro atoms. The number of para-hydroxylation sites is 1. The van der Waals surface area contributed by atoms with Crippen LogP contribution in [0.4, 0.5) is 0 Å². The third kappa shape index (κ3) is 1.42. The molecule has 0 unspecified atom stereocenters. The molecule has 15 heavy (non-hydrogen) atoms. The zero-order valence-corrected chi connectivity index (χ0v) is 8.74. The van der Waals surface area contributed by atoms with Crippen LogP contribution in [0.1, 0.15) is 11.3 Å². The molecule has 0 amide bonds. The van der Waals surface area contributed by atoms with Crippen LogP contribution < -0.4 is 0 Å². The second-order valence-corrected chi connectivity index (χ2v) is 3.48. The Bertz CT molecular complexity index is 555. The maximum absolute atomic E-state index is 10.1. The summed E-state index contributed by atoms with van der Waals surface area (Å²) in [4.78, 5) is 10.1. The van der Waals surface area contributed by atoms with Crippen molar-refractivity contribution in [1.29, 1.82) is 0 Å². The lowest BCUT2D eigenvalue weighted by Gasteiger charge is -1.97. The zero-order chi connectivity index (χ0) is 10.8. The molecule has 2 nitrogen and oxygen atoms in total. The van der Waals surface area contributed by atoms with Crippen molar-refractivity contribution in [3.05, 3.63) is 41.3 Å². The summed E-state index contributed by atoms with van der Waals surface area (Å²) >= 11 is 0. The van der Waals surface area contributed by atoms with Crippen molar-refractivity contribution in [2.75, 3.05) is 0 Å². The summed E-state index contributed by atoms with van der Waals surface area (Å²) in [7, 11) is 1.98. The van der Waals surface area contributed by atoms with Crippen molar-refractivity contribution < 1.29 is 4.79 Å². The number of carbonyl (C=O) groups excluding carboxylic acids is 1. The van der Waals surface area contributed by atoms with Crippen molar-refractivity contribution in [2.45, 2.75) is 6.92 Å². The summed E-state index contributed by atoms with van der Waals surface area (Å²) in [6, 6.07) is 8.15. The highest BCUT2D eigenvalue weighted by molar-refractivity contribution is 5.88. The summed E-state index contributed by atoms with van der Waals surface area (Å²) in [5.74, 6) is 1.65. The SMILES string of the molecule is Cc1c(C=C=C=O)n(C)c2ccccc12. The molecule has 74 valence electrons. The molecule has 0 saturated carbocycles. The molecule has 0 fully saturated rings. The zero-order valence-electron chi connectivity index (χ0n) is 8.74. The second-order valence-electron chi connectivity index (χ2n) is 3.48. The summed E-state index contributed by atoms with van der Waals surface area (Å²) in [5, 5.41) is 1.21. The van der Waals surface area contributed by atoms with E-state index in [-0.39, 0.29) is 0 Å². The van der Waals surface area contributed by atoms with Gasteiger partial charge >= 0.3 is 0 Å². The summed E-state index contributed by atoms with van der Waals surface area (Å²) in [6.07, 6.45) is 1.67. The van der Waals surface area contributed by atoms with Gasteiger partial charge in [0.2, 0.25) is 0 Å². The molecule has 0 N–H and O–H groups in total. The van der Waals surface area contributed by atoms with Crippen LogP contribution in [0.3, 0.4) is 0 Å². The second kappa shape index (κ2) is 3.62. The van der Waals surface area contributed by atoms with Crippen molar-refractivity contribution in [1.82, 2.24) is 4.57 Å². The number of aromatic nitrogens is 1. The van der Waals surface area contributed by atoms with Gasteiger partial charge in [0.05, 0.1) is 5.69 Å². The van der Waals surface area contributed by atoms with Gasteiger partial charge in [-0.1, -0.05) is 18.2 Å². The Balaban J connectivity index is 2.86. The van der Waals surface area contributed by atoms with Crippen LogP contribution in [-0.4, -0.2) is 10.5 Å². The van der Waals surface area contributed by atoms with E-state index in [1.807, 2.05) is 26.1 Å². The summed E-state index contributed by atoms with van der Waals surface area (Å²) in [5.41, 5.74) is 5.78. The number of rotatable bonds is 1. The minimum Gasteiger partial charge on any atom is -0.343 e. The molecule has 0 aliphatic rings. The normalized spacial score (nSPS) is 9.73. The molecule has 1 heterocycles. The first-order chi connectivity index (χ1) is 7.25. The van der Waals surface area contributed by atoms with E-state index in [2.05, 4.69) is 22.4 Å². The van der Waals surface area contributed by atoms with Gasteiger partial charge in [0, 0.05) is 24.0 Å². The van der Waals surface area contributed by atoms with Gasteiger partial charge < -0.3 is 4.57 Å². The van der Waals surface area contributed by atoms with Crippen LogP contribution in [0, 0.1) is 6.92 Å². The van der Waals surface area contributed by atoms with Gasteiger partial charge in [-0.3, -0.25) is 0 Å². The number of hydrogen-bond donors (Lipinski definition) is 0. The topological polar surface area (TPSA) is 22.0 Å². The Hall–Kier alpha value is -2.01. The maximum Gasteiger partial charge on any atom is 0.177 e. The fourth-order valence-electron chi connectivity index (χ4n) is 1.91. The van der Waals surface area contributed by atoms with Crippen LogP contribution >= 0.6 is 0 Å². The predicted octanol–water partition coefficient (Wildman–Crippen LogP) is 2.49. The standard InChI is InChI=1S/C13H11NO/c1-10-11-6-3-4-7-13(11)14(2)12(10)8-5-9-15/h3-4,6-8H,1-2H3. The molecule has 0 bridgehead atoms. The first kappa shape index (κ1) is 9.54. The highest BCUT2D eigenvalue weighted by atomic mass is 16.1. The molecular weight excluding hydrogens is 186 g/mol. The Kier molecular flexibility index (Phi) is 2.31. The first-order valence-corrected chi connectivity index (χ1v) is 4.75. The van der Waals surface area contributed by atoms with Crippen LogP contribution in [0.15, 0.2) is 30.0 Å². The Morgan fingerprint density at radius 3 is 2.73 bits per heavy atom. The Labute approximate surface area is 88.1 Å². The third-order valence-corrected chi connectivity index (χ3v) is 2.68. The van der Waals surface area contributed by atoms with Gasteiger partial charge in [0.1, 0.15) is 0 Å². The van der Waals surface area contributed by atoms with Crippen molar-refractivity contribution in [3.63, 3.8) is 0 Å². The van der Waals surface area contributed by atoms with Crippen molar-refractivity contribution >= 4 is 22.9 Å². The average Bonchev–Trinajstić information content (AvgIpc) is 2.51. The molecule has 0 saturated heterocycles. The van der Waals surface area contributed by atoms with Gasteiger partial charge in [-0.15, -0.1) is 0 Å². The molecule has 0 aliphatic carbocycles.